The van der Waals surface area contributed by atoms with E-state index >= 15 is 0 Å². The second-order valence-electron chi connectivity index (χ2n) is 1.61. The highest BCUT2D eigenvalue weighted by Crippen LogP contribution is 1.99. The van der Waals surface area contributed by atoms with E-state index in [9.17, 15) is 0 Å². The first kappa shape index (κ1) is 5.16. The lowest BCUT2D eigenvalue weighted by atomic mass is 10.4. The maximum Gasteiger partial charge on any atom is 0.100 e. The fourth-order valence-corrected chi connectivity index (χ4v) is 0.486. The lowest BCUT2D eigenvalue weighted by Gasteiger charge is -1.92. The molecule has 1 heteroatoms. The van der Waals surface area contributed by atoms with Gasteiger partial charge in [0.1, 0.15) is 5.76 Å². The Labute approximate surface area is 49.0 Å². The van der Waals surface area contributed by atoms with Crippen LogP contribution in [0, 0.1) is 0 Å². The molecule has 0 N–H and O–H groups in total. The lowest BCUT2D eigenvalue weighted by molar-refractivity contribution is 0.354. The van der Waals surface area contributed by atoms with Gasteiger partial charge in [0.05, 0.1) is 6.26 Å². The molecule has 8 heavy (non-hydrogen) atoms. The molecule has 0 unspecified atom stereocenters. The van der Waals surface area contributed by atoms with Crippen LogP contribution in [-0.4, -0.2) is 0 Å². The predicted octanol–water partition coefficient (Wildman–Crippen LogP) is 1.99. The van der Waals surface area contributed by atoms with Crippen molar-refractivity contribution >= 4 is 0 Å². The van der Waals surface area contributed by atoms with Gasteiger partial charge in [0.15, 0.2) is 0 Å². The van der Waals surface area contributed by atoms with Gasteiger partial charge < -0.3 is 4.74 Å². The van der Waals surface area contributed by atoms with Gasteiger partial charge in [-0.25, -0.2) is 0 Å². The maximum absolute atomic E-state index is 5.02. The van der Waals surface area contributed by atoms with E-state index in [1.807, 2.05) is 31.2 Å². The molecule has 0 saturated heterocycles. The van der Waals surface area contributed by atoms with Gasteiger partial charge in [-0.3, -0.25) is 0 Å². The third kappa shape index (κ3) is 1.26. The lowest BCUT2D eigenvalue weighted by Crippen LogP contribution is -1.72. The van der Waals surface area contributed by atoms with Gasteiger partial charge >= 0.3 is 0 Å². The van der Waals surface area contributed by atoms with Crippen molar-refractivity contribution in [1.29, 1.82) is 0 Å². The van der Waals surface area contributed by atoms with Crippen molar-refractivity contribution in [2.45, 2.75) is 6.92 Å². The van der Waals surface area contributed by atoms with Crippen molar-refractivity contribution in [3.63, 3.8) is 0 Å². The standard InChI is InChI=1S/C7H8O/c1-7-5-3-2-4-6-8-7/h2-6H,1H3. The summed E-state index contributed by atoms with van der Waals surface area (Å²) in [5.41, 5.74) is 0. The van der Waals surface area contributed by atoms with Crippen molar-refractivity contribution in [1.82, 2.24) is 0 Å². The van der Waals surface area contributed by atoms with Crippen LogP contribution in [0.4, 0.5) is 0 Å². The SMILES string of the molecule is CC1=CC=CC=CO1. The van der Waals surface area contributed by atoms with Gasteiger partial charge in [0.2, 0.25) is 0 Å². The molecular formula is C7H8O. The van der Waals surface area contributed by atoms with E-state index in [1.54, 1.807) is 6.26 Å². The van der Waals surface area contributed by atoms with Crippen molar-refractivity contribution in [3.8, 4) is 0 Å². The second-order valence-corrected chi connectivity index (χ2v) is 1.61. The first-order valence-electron chi connectivity index (χ1n) is 2.56. The molecule has 0 saturated carbocycles. The molecule has 0 aromatic rings. The highest BCUT2D eigenvalue weighted by atomic mass is 16.5. The zero-order valence-electron chi connectivity index (χ0n) is 4.79. The van der Waals surface area contributed by atoms with Gasteiger partial charge in [-0.15, -0.1) is 0 Å². The summed E-state index contributed by atoms with van der Waals surface area (Å²) >= 11 is 0. The molecule has 0 bridgehead atoms. The molecule has 1 aliphatic rings. The summed E-state index contributed by atoms with van der Waals surface area (Å²) in [7, 11) is 0. The second kappa shape index (κ2) is 2.36. The topological polar surface area (TPSA) is 9.23 Å². The van der Waals surface area contributed by atoms with Crippen LogP contribution in [0.5, 0.6) is 0 Å². The molecule has 1 nitrogen and oxygen atoms in total. The number of allylic oxidation sites excluding steroid dienone is 5. The van der Waals surface area contributed by atoms with Gasteiger partial charge in [-0.2, -0.15) is 0 Å². The largest absolute Gasteiger partial charge is 0.470 e. The number of rotatable bonds is 0. The minimum absolute atomic E-state index is 0.926. The normalized spacial score (nSPS) is 16.9. The number of ether oxygens (including phenoxy) is 1. The molecule has 0 amide bonds. The van der Waals surface area contributed by atoms with Gasteiger partial charge in [-0.05, 0) is 19.1 Å². The van der Waals surface area contributed by atoms with E-state index in [1.165, 1.54) is 0 Å². The van der Waals surface area contributed by atoms with Gasteiger partial charge in [-0.1, -0.05) is 12.2 Å². The van der Waals surface area contributed by atoms with Crippen LogP contribution in [0.2, 0.25) is 0 Å². The van der Waals surface area contributed by atoms with Crippen molar-refractivity contribution in [2.24, 2.45) is 0 Å². The van der Waals surface area contributed by atoms with E-state index in [0.29, 0.717) is 0 Å². The molecule has 0 spiro atoms. The Hall–Kier alpha value is -0.980. The Balaban J connectivity index is 2.69. The predicted molar refractivity (Wildman–Crippen MR) is 33.1 cm³/mol. The minimum Gasteiger partial charge on any atom is -0.470 e. The Morgan fingerprint density at radius 1 is 1.25 bits per heavy atom. The molecule has 42 valence electrons. The molecule has 0 radical (unpaired) electrons. The Morgan fingerprint density at radius 2 is 2.12 bits per heavy atom. The summed E-state index contributed by atoms with van der Waals surface area (Å²) in [5.74, 6) is 0.926. The molecule has 0 aromatic heterocycles. The Bertz CT molecular complexity index is 152. The van der Waals surface area contributed by atoms with E-state index < -0.39 is 0 Å². The van der Waals surface area contributed by atoms with Gasteiger partial charge in [0, 0.05) is 0 Å². The van der Waals surface area contributed by atoms with Crippen LogP contribution < -0.4 is 0 Å². The highest BCUT2D eigenvalue weighted by molar-refractivity contribution is 5.15. The molecule has 1 heterocycles. The number of hydrogen-bond donors (Lipinski definition) is 0. The third-order valence-corrected chi connectivity index (χ3v) is 0.886. The molecule has 0 fully saturated rings. The zero-order chi connectivity index (χ0) is 5.82. The van der Waals surface area contributed by atoms with Crippen LogP contribution in [0.25, 0.3) is 0 Å². The first-order valence-corrected chi connectivity index (χ1v) is 2.56. The fourth-order valence-electron chi connectivity index (χ4n) is 0.486. The van der Waals surface area contributed by atoms with E-state index in [0.717, 1.165) is 5.76 Å². The molecular weight excluding hydrogens is 100 g/mol. The zero-order valence-corrected chi connectivity index (χ0v) is 4.79. The summed E-state index contributed by atoms with van der Waals surface area (Å²) < 4.78 is 5.02. The van der Waals surface area contributed by atoms with Crippen molar-refractivity contribution in [3.05, 3.63) is 36.3 Å². The molecule has 0 aromatic carbocycles. The summed E-state index contributed by atoms with van der Waals surface area (Å²) in [4.78, 5) is 0. The highest BCUT2D eigenvalue weighted by Gasteiger charge is 1.82. The molecule has 0 atom stereocenters. The van der Waals surface area contributed by atoms with Crippen LogP contribution in [-0.2, 0) is 4.74 Å². The summed E-state index contributed by atoms with van der Waals surface area (Å²) in [5, 5.41) is 0. The summed E-state index contributed by atoms with van der Waals surface area (Å²) in [6, 6.07) is 0. The summed E-state index contributed by atoms with van der Waals surface area (Å²) in [6.45, 7) is 1.92. The van der Waals surface area contributed by atoms with E-state index in [-0.39, 0.29) is 0 Å². The first-order chi connectivity index (χ1) is 3.89. The maximum atomic E-state index is 5.02. The molecule has 0 aliphatic carbocycles. The van der Waals surface area contributed by atoms with Crippen molar-refractivity contribution in [2.75, 3.05) is 0 Å². The van der Waals surface area contributed by atoms with Crippen LogP contribution >= 0.6 is 0 Å². The monoisotopic (exact) mass is 108 g/mol. The van der Waals surface area contributed by atoms with Gasteiger partial charge in [0.25, 0.3) is 0 Å². The number of hydrogen-bond acceptors (Lipinski definition) is 1. The molecule has 1 rings (SSSR count). The Morgan fingerprint density at radius 3 is 3.00 bits per heavy atom. The van der Waals surface area contributed by atoms with E-state index in [4.69, 9.17) is 4.74 Å². The van der Waals surface area contributed by atoms with Crippen molar-refractivity contribution < 1.29 is 4.74 Å². The quantitative estimate of drug-likeness (QED) is 0.461. The fraction of sp³-hybridized carbons (Fsp3) is 0.143. The summed E-state index contributed by atoms with van der Waals surface area (Å²) in [6.07, 6.45) is 9.30. The third-order valence-electron chi connectivity index (χ3n) is 0.886. The van der Waals surface area contributed by atoms with Crippen LogP contribution in [0.1, 0.15) is 6.92 Å². The van der Waals surface area contributed by atoms with E-state index in [2.05, 4.69) is 0 Å². The average molecular weight is 108 g/mol. The van der Waals surface area contributed by atoms with Crippen LogP contribution in [0.15, 0.2) is 36.3 Å². The molecule has 1 aliphatic heterocycles. The minimum atomic E-state index is 0.926. The smallest absolute Gasteiger partial charge is 0.100 e. The average Bonchev–Trinajstić information content (AvgIpc) is 1.94. The van der Waals surface area contributed by atoms with Crippen LogP contribution in [0.3, 0.4) is 0 Å². The Kier molecular flexibility index (Phi) is 1.52.